The third-order valence-electron chi connectivity index (χ3n) is 11.1. The largest absolute Gasteiger partial charge is 0.381 e. The fourth-order valence-corrected chi connectivity index (χ4v) is 12.3. The van der Waals surface area contributed by atoms with Crippen LogP contribution in [0.15, 0.2) is 83.6 Å². The molecule has 68 heavy (non-hydrogen) atoms. The van der Waals surface area contributed by atoms with Crippen molar-refractivity contribution >= 4 is 68.0 Å². The molecule has 0 bridgehead atoms. The van der Waals surface area contributed by atoms with Crippen molar-refractivity contribution < 1.29 is 18.9 Å². The van der Waals surface area contributed by atoms with Crippen molar-refractivity contribution in [2.45, 2.75) is 105 Å². The summed E-state index contributed by atoms with van der Waals surface area (Å²) in [5, 5.41) is 4.24. The molecule has 0 atom stereocenters. The second kappa shape index (κ2) is 30.1. The summed E-state index contributed by atoms with van der Waals surface area (Å²) >= 11 is 10.5. The van der Waals surface area contributed by atoms with E-state index in [1.54, 1.807) is 68.0 Å². The van der Waals surface area contributed by atoms with Gasteiger partial charge in [-0.2, -0.15) is 0 Å². The summed E-state index contributed by atoms with van der Waals surface area (Å²) in [6.45, 7) is 14.0. The lowest BCUT2D eigenvalue weighted by atomic mass is 9.83. The van der Waals surface area contributed by atoms with E-state index in [4.69, 9.17) is 18.9 Å². The van der Waals surface area contributed by atoms with Gasteiger partial charge in [-0.25, -0.2) is 0 Å². The Morgan fingerprint density at radius 1 is 0.368 bits per heavy atom. The Labute approximate surface area is 431 Å². The zero-order valence-electron chi connectivity index (χ0n) is 40.3. The van der Waals surface area contributed by atoms with Crippen molar-refractivity contribution in [1.82, 2.24) is 0 Å². The molecule has 6 heterocycles. The zero-order chi connectivity index (χ0) is 47.5. The van der Waals surface area contributed by atoms with Gasteiger partial charge in [-0.15, -0.1) is 68.0 Å². The standard InChI is InChI=1S/C58H66O4S6/c1-5-9-37-59-43-57(44-60-38-10-6-2,33-13-19-47-25-29-53(65-47)51-23-17-41-63-51)35-15-21-49-27-31-55(67-49)56-32-28-50(68-56)22-16-36-58(45-61-39-11-7-3,46-62-40-12-8-4)34-14-20-48-26-30-54(66-48)52-24-18-42-64-52/h17-18,23-32,41-42H,5-12,33-40,43-46H2,1-4H3. The Morgan fingerprint density at radius 3 is 0.897 bits per heavy atom. The third-order valence-corrected chi connectivity index (χ3v) is 17.4. The van der Waals surface area contributed by atoms with Gasteiger partial charge in [-0.3, -0.25) is 0 Å². The molecule has 0 fully saturated rings. The van der Waals surface area contributed by atoms with Crippen molar-refractivity contribution in [3.05, 3.63) is 103 Å². The molecule has 0 unspecified atom stereocenters. The second-order valence-electron chi connectivity index (χ2n) is 17.1. The maximum atomic E-state index is 6.33. The zero-order valence-corrected chi connectivity index (χ0v) is 45.2. The fraction of sp³-hybridized carbons (Fsp3) is 0.448. The molecule has 0 saturated heterocycles. The predicted octanol–water partition coefficient (Wildman–Crippen LogP) is 16.7. The first-order valence-corrected chi connectivity index (χ1v) is 29.2. The van der Waals surface area contributed by atoms with Crippen LogP contribution in [0.1, 0.15) is 124 Å². The van der Waals surface area contributed by atoms with Crippen molar-refractivity contribution in [1.29, 1.82) is 0 Å². The summed E-state index contributed by atoms with van der Waals surface area (Å²) in [7, 11) is 0. The van der Waals surface area contributed by atoms with Gasteiger partial charge < -0.3 is 18.9 Å². The lowest BCUT2D eigenvalue weighted by Gasteiger charge is -2.30. The van der Waals surface area contributed by atoms with E-state index in [0.29, 0.717) is 52.1 Å². The second-order valence-corrected chi connectivity index (χ2v) is 23.4. The molecule has 0 saturated carbocycles. The summed E-state index contributed by atoms with van der Waals surface area (Å²) in [6.07, 6.45) is 11.1. The SMILES string of the molecule is CCCCOCC(CC#Cc1ccc(-c2cccs2)s1)(CC#Cc1ccc(-c2ccc(C#CCC(CC#Cc3ccc(-c4cccs4)s3)(COCCCC)COCCCC)s2)s1)COCCCC. The topological polar surface area (TPSA) is 36.9 Å². The molecule has 358 valence electrons. The highest BCUT2D eigenvalue weighted by Gasteiger charge is 2.31. The van der Waals surface area contributed by atoms with Gasteiger partial charge in [-0.05, 0) is 97.1 Å². The van der Waals surface area contributed by atoms with Crippen LogP contribution < -0.4 is 0 Å². The smallest absolute Gasteiger partial charge is 0.0775 e. The minimum absolute atomic E-state index is 0.331. The van der Waals surface area contributed by atoms with Gasteiger partial charge in [0, 0.05) is 92.2 Å². The van der Waals surface area contributed by atoms with E-state index in [1.807, 2.05) is 0 Å². The van der Waals surface area contributed by atoms with E-state index in [1.165, 1.54) is 29.3 Å². The first-order chi connectivity index (χ1) is 33.5. The van der Waals surface area contributed by atoms with Crippen LogP contribution in [0.2, 0.25) is 0 Å². The van der Waals surface area contributed by atoms with Crippen LogP contribution in [0, 0.1) is 58.2 Å². The third kappa shape index (κ3) is 17.9. The van der Waals surface area contributed by atoms with Gasteiger partial charge in [0.25, 0.3) is 0 Å². The minimum atomic E-state index is -0.331. The van der Waals surface area contributed by atoms with Gasteiger partial charge in [0.1, 0.15) is 0 Å². The van der Waals surface area contributed by atoms with E-state index in [0.717, 1.165) is 97.3 Å². The number of hydrogen-bond donors (Lipinski definition) is 0. The number of unbranched alkanes of at least 4 members (excludes halogenated alkanes) is 4. The van der Waals surface area contributed by atoms with Crippen molar-refractivity contribution in [2.75, 3.05) is 52.9 Å². The molecule has 0 aliphatic carbocycles. The van der Waals surface area contributed by atoms with Crippen LogP contribution in [0.5, 0.6) is 0 Å². The first kappa shape index (κ1) is 53.6. The normalized spacial score (nSPS) is 11.3. The van der Waals surface area contributed by atoms with E-state index in [2.05, 4.69) is 159 Å². The quantitative estimate of drug-likeness (QED) is 0.0381. The summed E-state index contributed by atoms with van der Waals surface area (Å²) in [6, 6.07) is 25.8. The number of rotatable bonds is 27. The lowest BCUT2D eigenvalue weighted by molar-refractivity contribution is -0.0191. The van der Waals surface area contributed by atoms with Gasteiger partial charge >= 0.3 is 0 Å². The Hall–Kier alpha value is -3.72. The molecule has 10 heteroatoms. The molecule has 6 aromatic heterocycles. The van der Waals surface area contributed by atoms with Gasteiger partial charge in [-0.1, -0.05) is 113 Å². The van der Waals surface area contributed by atoms with Gasteiger partial charge in [0.05, 0.1) is 45.9 Å². The van der Waals surface area contributed by atoms with Crippen LogP contribution in [0.3, 0.4) is 0 Å². The van der Waals surface area contributed by atoms with E-state index >= 15 is 0 Å². The van der Waals surface area contributed by atoms with Crippen LogP contribution >= 0.6 is 68.0 Å². The highest BCUT2D eigenvalue weighted by molar-refractivity contribution is 7.23. The highest BCUT2D eigenvalue weighted by atomic mass is 32.1. The molecule has 6 aromatic rings. The Balaban J connectivity index is 1.15. The molecule has 0 aromatic carbocycles. The monoisotopic (exact) mass is 1020 g/mol. The van der Waals surface area contributed by atoms with Crippen LogP contribution in [-0.2, 0) is 18.9 Å². The molecule has 6 rings (SSSR count). The van der Waals surface area contributed by atoms with E-state index in [-0.39, 0.29) is 10.8 Å². The summed E-state index contributed by atoms with van der Waals surface area (Å²) in [5.41, 5.74) is -0.662. The average molecular weight is 1020 g/mol. The van der Waals surface area contributed by atoms with Gasteiger partial charge in [0.2, 0.25) is 0 Å². The minimum Gasteiger partial charge on any atom is -0.381 e. The van der Waals surface area contributed by atoms with Gasteiger partial charge in [0.15, 0.2) is 0 Å². The van der Waals surface area contributed by atoms with Crippen molar-refractivity contribution in [3.8, 4) is 76.6 Å². The van der Waals surface area contributed by atoms with Crippen molar-refractivity contribution in [3.63, 3.8) is 0 Å². The van der Waals surface area contributed by atoms with E-state index < -0.39 is 0 Å². The first-order valence-electron chi connectivity index (χ1n) is 24.2. The summed E-state index contributed by atoms with van der Waals surface area (Å²) < 4.78 is 25.3. The Morgan fingerprint density at radius 2 is 0.647 bits per heavy atom. The number of ether oxygens (including phenoxy) is 4. The Bertz CT molecular complexity index is 2390. The molecule has 0 amide bonds. The van der Waals surface area contributed by atoms with Crippen molar-refractivity contribution in [2.24, 2.45) is 10.8 Å². The maximum Gasteiger partial charge on any atom is 0.0775 e. The molecular formula is C58H66O4S6. The molecule has 0 radical (unpaired) electrons. The van der Waals surface area contributed by atoms with E-state index in [9.17, 15) is 0 Å². The summed E-state index contributed by atoms with van der Waals surface area (Å²) in [5.74, 6) is 28.2. The molecule has 0 aliphatic rings. The molecule has 0 aliphatic heterocycles. The molecule has 0 spiro atoms. The molecular weight excluding hydrogens is 953 g/mol. The summed E-state index contributed by atoms with van der Waals surface area (Å²) in [4.78, 5) is 11.7. The molecule has 4 nitrogen and oxygen atoms in total. The highest BCUT2D eigenvalue weighted by Crippen LogP contribution is 2.36. The van der Waals surface area contributed by atoms with Crippen LogP contribution in [-0.4, -0.2) is 52.9 Å². The van der Waals surface area contributed by atoms with Crippen LogP contribution in [0.25, 0.3) is 29.3 Å². The lowest BCUT2D eigenvalue weighted by Crippen LogP contribution is -2.32. The molecule has 0 N–H and O–H groups in total. The van der Waals surface area contributed by atoms with Crippen LogP contribution in [0.4, 0.5) is 0 Å². The number of thiophene rings is 6. The number of hydrogen-bond acceptors (Lipinski definition) is 10. The fourth-order valence-electron chi connectivity index (χ4n) is 7.02. The predicted molar refractivity (Wildman–Crippen MR) is 297 cm³/mol. The maximum absolute atomic E-state index is 6.33. The average Bonchev–Trinajstić information content (AvgIpc) is 4.21. The Kier molecular flexibility index (Phi) is 23.8.